The van der Waals surface area contributed by atoms with Crippen molar-refractivity contribution in [3.8, 4) is 0 Å². The number of alkyl halides is 6. The van der Waals surface area contributed by atoms with Crippen LogP contribution in [0.1, 0.15) is 57.8 Å². The third-order valence-electron chi connectivity index (χ3n) is 5.77. The number of hydrogen-bond donors (Lipinski definition) is 4. The van der Waals surface area contributed by atoms with Crippen LogP contribution in [0.5, 0.6) is 0 Å². The fourth-order valence-electron chi connectivity index (χ4n) is 3.64. The number of amides is 3. The second-order valence-electron chi connectivity index (χ2n) is 8.79. The molecule has 0 saturated carbocycles. The molecule has 0 bridgehead atoms. The van der Waals surface area contributed by atoms with E-state index >= 15 is 0 Å². The van der Waals surface area contributed by atoms with E-state index in [1.807, 2.05) is 0 Å². The Labute approximate surface area is 240 Å². The smallest absolute Gasteiger partial charge is 0.426 e. The SMILES string of the molecule is C=CCCC(=O)c1nc(C(=O)NNC(=O)C(CCC=C)(OCc2ccccc2)C(F)(F)F)c(NC(=O)O)cc1C(F)(F)F. The molecule has 1 heterocycles. The summed E-state index contributed by atoms with van der Waals surface area (Å²) in [6.45, 7) is 6.00. The van der Waals surface area contributed by atoms with Gasteiger partial charge in [-0.25, -0.2) is 9.78 Å². The van der Waals surface area contributed by atoms with E-state index in [9.17, 15) is 45.5 Å². The van der Waals surface area contributed by atoms with Crippen LogP contribution in [0.15, 0.2) is 61.7 Å². The number of aromatic nitrogens is 1. The van der Waals surface area contributed by atoms with Crippen molar-refractivity contribution in [3.63, 3.8) is 0 Å². The topological polar surface area (TPSA) is 147 Å². The van der Waals surface area contributed by atoms with Gasteiger partial charge in [0.15, 0.2) is 11.5 Å². The van der Waals surface area contributed by atoms with Gasteiger partial charge in [-0.1, -0.05) is 42.5 Å². The maximum atomic E-state index is 14.3. The van der Waals surface area contributed by atoms with Crippen LogP contribution in [0.3, 0.4) is 0 Å². The van der Waals surface area contributed by atoms with Gasteiger partial charge in [-0.2, -0.15) is 26.3 Å². The Kier molecular flexibility index (Phi) is 11.6. The Hall–Kier alpha value is -4.73. The number of carboxylic acid groups (broad SMARTS) is 1. The summed E-state index contributed by atoms with van der Waals surface area (Å²) in [4.78, 5) is 53.0. The number of carbonyl (C=O) groups is 4. The molecule has 232 valence electrons. The molecule has 1 aromatic heterocycles. The van der Waals surface area contributed by atoms with E-state index in [-0.39, 0.29) is 24.5 Å². The van der Waals surface area contributed by atoms with Crippen LogP contribution < -0.4 is 16.2 Å². The lowest BCUT2D eigenvalue weighted by molar-refractivity contribution is -0.273. The Morgan fingerprint density at radius 3 is 2.09 bits per heavy atom. The zero-order chi connectivity index (χ0) is 32.4. The van der Waals surface area contributed by atoms with Gasteiger partial charge >= 0.3 is 18.4 Å². The molecule has 43 heavy (non-hydrogen) atoms. The lowest BCUT2D eigenvalue weighted by Gasteiger charge is -2.34. The largest absolute Gasteiger partial charge is 0.465 e. The van der Waals surface area contributed by atoms with Gasteiger partial charge < -0.3 is 9.84 Å². The van der Waals surface area contributed by atoms with Gasteiger partial charge in [-0.15, -0.1) is 13.2 Å². The number of ketones is 1. The summed E-state index contributed by atoms with van der Waals surface area (Å²) >= 11 is 0. The molecule has 0 fully saturated rings. The minimum absolute atomic E-state index is 0.0717. The molecule has 1 unspecified atom stereocenters. The number of nitrogens with zero attached hydrogens (tertiary/aromatic N) is 1. The van der Waals surface area contributed by atoms with Crippen molar-refractivity contribution in [2.75, 3.05) is 5.32 Å². The van der Waals surface area contributed by atoms with E-state index in [1.54, 1.807) is 11.5 Å². The third-order valence-corrected chi connectivity index (χ3v) is 5.77. The summed E-state index contributed by atoms with van der Waals surface area (Å²) in [7, 11) is 0. The number of hydrogen-bond acceptors (Lipinski definition) is 6. The lowest BCUT2D eigenvalue weighted by Crippen LogP contribution is -2.61. The highest BCUT2D eigenvalue weighted by atomic mass is 19.4. The first-order valence-electron chi connectivity index (χ1n) is 12.3. The molecule has 0 radical (unpaired) electrons. The Bertz CT molecular complexity index is 1360. The van der Waals surface area contributed by atoms with Crippen LogP contribution in [0.25, 0.3) is 0 Å². The highest BCUT2D eigenvalue weighted by molar-refractivity contribution is 6.04. The molecule has 0 aliphatic carbocycles. The number of benzene rings is 1. The number of Topliss-reactive ketones (excluding diaryl/α,β-unsaturated/α-hetero) is 1. The lowest BCUT2D eigenvalue weighted by atomic mass is 9.95. The summed E-state index contributed by atoms with van der Waals surface area (Å²) in [6, 6.07) is 7.65. The zero-order valence-corrected chi connectivity index (χ0v) is 22.3. The van der Waals surface area contributed by atoms with Crippen molar-refractivity contribution in [1.29, 1.82) is 0 Å². The van der Waals surface area contributed by atoms with Crippen molar-refractivity contribution >= 4 is 29.4 Å². The van der Waals surface area contributed by atoms with Gasteiger partial charge in [-0.05, 0) is 30.9 Å². The zero-order valence-electron chi connectivity index (χ0n) is 22.3. The maximum absolute atomic E-state index is 14.3. The molecule has 0 aliphatic rings. The quantitative estimate of drug-likeness (QED) is 0.0994. The summed E-state index contributed by atoms with van der Waals surface area (Å²) in [5.41, 5.74) is -5.30. The van der Waals surface area contributed by atoms with Crippen LogP contribution in [0.4, 0.5) is 36.8 Å². The number of carbonyl (C=O) groups excluding carboxylic acids is 3. The highest BCUT2D eigenvalue weighted by Crippen LogP contribution is 2.39. The monoisotopic (exact) mass is 616 g/mol. The first-order valence-corrected chi connectivity index (χ1v) is 12.3. The molecule has 0 spiro atoms. The van der Waals surface area contributed by atoms with Crippen LogP contribution in [0.2, 0.25) is 0 Å². The van der Waals surface area contributed by atoms with Crippen LogP contribution in [-0.4, -0.2) is 45.6 Å². The van der Waals surface area contributed by atoms with E-state index in [4.69, 9.17) is 9.84 Å². The van der Waals surface area contributed by atoms with Crippen LogP contribution in [-0.2, 0) is 22.3 Å². The number of nitrogens with one attached hydrogen (secondary N) is 3. The maximum Gasteiger partial charge on any atom is 0.426 e. The molecule has 2 aromatic rings. The second-order valence-corrected chi connectivity index (χ2v) is 8.79. The van der Waals surface area contributed by atoms with Crippen molar-refractivity contribution in [2.24, 2.45) is 0 Å². The summed E-state index contributed by atoms with van der Waals surface area (Å²) in [6.07, 6.45) is -12.1. The van der Waals surface area contributed by atoms with Crippen LogP contribution in [0, 0.1) is 0 Å². The summed E-state index contributed by atoms with van der Waals surface area (Å²) in [5, 5.41) is 10.6. The van der Waals surface area contributed by atoms with Gasteiger partial charge in [0.1, 0.15) is 5.69 Å². The first-order chi connectivity index (χ1) is 20.1. The minimum Gasteiger partial charge on any atom is -0.465 e. The molecular weight excluding hydrogens is 590 g/mol. The number of ether oxygens (including phenoxy) is 1. The van der Waals surface area contributed by atoms with Crippen molar-refractivity contribution in [3.05, 3.63) is 84.2 Å². The summed E-state index contributed by atoms with van der Waals surface area (Å²) in [5.74, 6) is -4.75. The molecule has 4 N–H and O–H groups in total. The van der Waals surface area contributed by atoms with Gasteiger partial charge in [-0.3, -0.25) is 30.6 Å². The Balaban J connectivity index is 2.49. The minimum atomic E-state index is -5.34. The number of anilines is 1. The van der Waals surface area contributed by atoms with Gasteiger partial charge in [0, 0.05) is 6.42 Å². The average Bonchev–Trinajstić information content (AvgIpc) is 2.93. The number of halogens is 6. The molecule has 2 rings (SSSR count). The molecule has 1 atom stereocenters. The Morgan fingerprint density at radius 1 is 0.930 bits per heavy atom. The molecule has 1 aromatic carbocycles. The number of rotatable bonds is 13. The number of allylic oxidation sites excluding steroid dienone is 2. The average molecular weight is 617 g/mol. The molecule has 0 aliphatic heterocycles. The van der Waals surface area contributed by atoms with E-state index in [0.29, 0.717) is 0 Å². The molecule has 10 nitrogen and oxygen atoms in total. The fraction of sp³-hybridized carbons (Fsp3) is 0.296. The van der Waals surface area contributed by atoms with Crippen molar-refractivity contribution in [2.45, 2.75) is 50.2 Å². The third kappa shape index (κ3) is 8.88. The first kappa shape index (κ1) is 34.5. The standard InChI is InChI=1S/C27H26F6N4O6/c1-3-5-12-19(38)20-17(26(28,29)30)14-18(34-24(41)42)21(35-20)22(39)36-37-23(40)25(13-6-4-2,27(31,32)33)43-15-16-10-8-7-9-11-16/h3-4,7-11,14,34H,1-2,5-6,12-13,15H2,(H,36,39)(H,37,40)(H,41,42). The van der Waals surface area contributed by atoms with E-state index in [0.717, 1.165) is 6.08 Å². The van der Waals surface area contributed by atoms with E-state index in [1.165, 1.54) is 41.1 Å². The highest BCUT2D eigenvalue weighted by Gasteiger charge is 2.61. The Morgan fingerprint density at radius 2 is 1.56 bits per heavy atom. The number of hydrazine groups is 1. The van der Waals surface area contributed by atoms with E-state index in [2.05, 4.69) is 18.1 Å². The summed E-state index contributed by atoms with van der Waals surface area (Å²) < 4.78 is 89.2. The fourth-order valence-corrected chi connectivity index (χ4v) is 3.64. The van der Waals surface area contributed by atoms with Gasteiger partial charge in [0.2, 0.25) is 5.60 Å². The molecule has 0 saturated heterocycles. The normalized spacial score (nSPS) is 12.9. The second kappa shape index (κ2) is 14.4. The number of pyridine rings is 1. The predicted molar refractivity (Wildman–Crippen MR) is 140 cm³/mol. The van der Waals surface area contributed by atoms with Gasteiger partial charge in [0.05, 0.1) is 17.9 Å². The van der Waals surface area contributed by atoms with E-state index < -0.39 is 83.7 Å². The van der Waals surface area contributed by atoms with Gasteiger partial charge in [0.25, 0.3) is 11.8 Å². The van der Waals surface area contributed by atoms with Crippen molar-refractivity contribution < 1.29 is 55.4 Å². The molecular formula is C27H26F6N4O6. The van der Waals surface area contributed by atoms with Crippen molar-refractivity contribution in [1.82, 2.24) is 15.8 Å². The molecule has 16 heteroatoms. The predicted octanol–water partition coefficient (Wildman–Crippen LogP) is 5.58. The molecule has 3 amide bonds. The van der Waals surface area contributed by atoms with Crippen LogP contribution >= 0.6 is 0 Å².